The Hall–Kier alpha value is -0.870. The van der Waals surface area contributed by atoms with E-state index in [4.69, 9.17) is 0 Å². The van der Waals surface area contributed by atoms with E-state index in [1.807, 2.05) is 13.0 Å². The smallest absolute Gasteiger partial charge is 0.207 e. The van der Waals surface area contributed by atoms with Crippen LogP contribution in [0.4, 0.5) is 0 Å². The Kier molecular flexibility index (Phi) is 2.33. The van der Waals surface area contributed by atoms with E-state index >= 15 is 0 Å². The Bertz CT molecular complexity index is 413. The van der Waals surface area contributed by atoms with Crippen LogP contribution in [0.5, 0.6) is 0 Å². The molecular weight excluding hydrogens is 198 g/mol. The van der Waals surface area contributed by atoms with Gasteiger partial charge < -0.3 is 0 Å². The van der Waals surface area contributed by atoms with Crippen molar-refractivity contribution in [3.63, 3.8) is 0 Å². The van der Waals surface area contributed by atoms with Crippen LogP contribution in [-0.4, -0.2) is 25.3 Å². The summed E-state index contributed by atoms with van der Waals surface area (Å²) in [5.74, 6) is 0. The van der Waals surface area contributed by atoms with Gasteiger partial charge in [0, 0.05) is 12.6 Å². The largest absolute Gasteiger partial charge is 0.243 e. The lowest BCUT2D eigenvalue weighted by Gasteiger charge is -2.04. The molecule has 2 rings (SSSR count). The molecule has 1 aromatic carbocycles. The van der Waals surface area contributed by atoms with Crippen molar-refractivity contribution in [3.05, 3.63) is 30.3 Å². The molecular formula is C10H13NO2S. The third kappa shape index (κ3) is 1.55. The zero-order valence-electron chi connectivity index (χ0n) is 8.05. The SMILES string of the molecule is CC[C@@H]1CN1S(=O)(=O)c1ccccc1. The van der Waals surface area contributed by atoms with E-state index in [0.29, 0.717) is 11.4 Å². The Balaban J connectivity index is 2.27. The van der Waals surface area contributed by atoms with Gasteiger partial charge in [-0.15, -0.1) is 0 Å². The van der Waals surface area contributed by atoms with E-state index < -0.39 is 10.0 Å². The van der Waals surface area contributed by atoms with Gasteiger partial charge in [-0.1, -0.05) is 25.1 Å². The molecule has 4 heteroatoms. The fourth-order valence-electron chi connectivity index (χ4n) is 1.52. The monoisotopic (exact) mass is 211 g/mol. The summed E-state index contributed by atoms with van der Waals surface area (Å²) in [5, 5.41) is 0. The second kappa shape index (κ2) is 3.37. The van der Waals surface area contributed by atoms with Gasteiger partial charge >= 0.3 is 0 Å². The zero-order valence-corrected chi connectivity index (χ0v) is 8.87. The van der Waals surface area contributed by atoms with Crippen molar-refractivity contribution < 1.29 is 8.42 Å². The van der Waals surface area contributed by atoms with Gasteiger partial charge in [0.05, 0.1) is 4.90 Å². The Morgan fingerprint density at radius 2 is 2.00 bits per heavy atom. The summed E-state index contributed by atoms with van der Waals surface area (Å²) < 4.78 is 25.3. The van der Waals surface area contributed by atoms with Crippen LogP contribution in [0.15, 0.2) is 35.2 Å². The molecule has 0 saturated carbocycles. The average molecular weight is 211 g/mol. The van der Waals surface area contributed by atoms with Gasteiger partial charge in [-0.25, -0.2) is 8.42 Å². The van der Waals surface area contributed by atoms with Crippen LogP contribution >= 0.6 is 0 Å². The zero-order chi connectivity index (χ0) is 10.2. The topological polar surface area (TPSA) is 37.1 Å². The number of hydrogen-bond donors (Lipinski definition) is 0. The molecule has 0 amide bonds. The van der Waals surface area contributed by atoms with Gasteiger partial charge in [-0.05, 0) is 18.6 Å². The van der Waals surface area contributed by atoms with E-state index in [1.165, 1.54) is 0 Å². The van der Waals surface area contributed by atoms with Crippen LogP contribution < -0.4 is 0 Å². The van der Waals surface area contributed by atoms with Crippen molar-refractivity contribution in [1.82, 2.24) is 4.31 Å². The predicted octanol–water partition coefficient (Wildman–Crippen LogP) is 1.47. The van der Waals surface area contributed by atoms with Crippen molar-refractivity contribution in [1.29, 1.82) is 0 Å². The maximum absolute atomic E-state index is 11.9. The van der Waals surface area contributed by atoms with Crippen molar-refractivity contribution in [2.45, 2.75) is 24.3 Å². The summed E-state index contributed by atoms with van der Waals surface area (Å²) >= 11 is 0. The molecule has 0 aromatic heterocycles. The number of benzene rings is 1. The average Bonchev–Trinajstić information content (AvgIpc) is 2.98. The Morgan fingerprint density at radius 1 is 1.36 bits per heavy atom. The molecule has 0 N–H and O–H groups in total. The van der Waals surface area contributed by atoms with Crippen molar-refractivity contribution in [3.8, 4) is 0 Å². The Labute approximate surface area is 84.4 Å². The first kappa shape index (κ1) is 9.68. The van der Waals surface area contributed by atoms with E-state index in [-0.39, 0.29) is 6.04 Å². The molecule has 1 aliphatic heterocycles. The van der Waals surface area contributed by atoms with Crippen LogP contribution in [0.25, 0.3) is 0 Å². The highest BCUT2D eigenvalue weighted by molar-refractivity contribution is 7.89. The highest BCUT2D eigenvalue weighted by atomic mass is 32.2. The summed E-state index contributed by atoms with van der Waals surface area (Å²) in [5.41, 5.74) is 0. The molecule has 0 radical (unpaired) electrons. The molecule has 0 spiro atoms. The summed E-state index contributed by atoms with van der Waals surface area (Å²) in [6.07, 6.45) is 0.895. The maximum Gasteiger partial charge on any atom is 0.243 e. The molecule has 1 saturated heterocycles. The maximum atomic E-state index is 11.9. The molecule has 76 valence electrons. The third-order valence-electron chi connectivity index (χ3n) is 2.49. The molecule has 0 bridgehead atoms. The van der Waals surface area contributed by atoms with Gasteiger partial charge in [0.15, 0.2) is 0 Å². The van der Waals surface area contributed by atoms with E-state index in [0.717, 1.165) is 6.42 Å². The van der Waals surface area contributed by atoms with Crippen LogP contribution in [-0.2, 0) is 10.0 Å². The normalized spacial score (nSPS) is 26.1. The molecule has 0 aliphatic carbocycles. The third-order valence-corrected chi connectivity index (χ3v) is 4.42. The van der Waals surface area contributed by atoms with Crippen LogP contribution in [0, 0.1) is 0 Å². The Morgan fingerprint density at radius 3 is 2.50 bits per heavy atom. The first-order chi connectivity index (χ1) is 6.66. The minimum Gasteiger partial charge on any atom is -0.207 e. The number of nitrogens with zero attached hydrogens (tertiary/aromatic N) is 1. The van der Waals surface area contributed by atoms with E-state index in [2.05, 4.69) is 0 Å². The molecule has 3 nitrogen and oxygen atoms in total. The first-order valence-electron chi connectivity index (χ1n) is 4.73. The summed E-state index contributed by atoms with van der Waals surface area (Å²) in [6.45, 7) is 2.68. The lowest BCUT2D eigenvalue weighted by Crippen LogP contribution is -2.14. The molecule has 1 aliphatic rings. The quantitative estimate of drug-likeness (QED) is 0.710. The number of hydrogen-bond acceptors (Lipinski definition) is 2. The first-order valence-corrected chi connectivity index (χ1v) is 6.17. The van der Waals surface area contributed by atoms with Crippen LogP contribution in [0.3, 0.4) is 0 Å². The van der Waals surface area contributed by atoms with Crippen LogP contribution in [0.2, 0.25) is 0 Å². The molecule has 1 heterocycles. The van der Waals surface area contributed by atoms with Crippen LogP contribution in [0.1, 0.15) is 13.3 Å². The highest BCUT2D eigenvalue weighted by Crippen LogP contribution is 2.29. The lowest BCUT2D eigenvalue weighted by molar-refractivity contribution is 0.550. The molecule has 1 aromatic rings. The number of rotatable bonds is 3. The van der Waals surface area contributed by atoms with Gasteiger partial charge in [0.1, 0.15) is 0 Å². The molecule has 1 unspecified atom stereocenters. The van der Waals surface area contributed by atoms with Gasteiger partial charge in [0.2, 0.25) is 10.0 Å². The number of sulfonamides is 1. The lowest BCUT2D eigenvalue weighted by atomic mass is 10.4. The summed E-state index contributed by atoms with van der Waals surface area (Å²) in [4.78, 5) is 0.399. The highest BCUT2D eigenvalue weighted by Gasteiger charge is 2.42. The standard InChI is InChI=1S/C10H13NO2S/c1-2-9-8-11(9)14(12,13)10-6-4-3-5-7-10/h3-7,9H,2,8H2,1H3/t9-,11?/m1/s1. The fraction of sp³-hybridized carbons (Fsp3) is 0.400. The van der Waals surface area contributed by atoms with E-state index in [1.54, 1.807) is 28.6 Å². The van der Waals surface area contributed by atoms with Crippen molar-refractivity contribution in [2.24, 2.45) is 0 Å². The minimum absolute atomic E-state index is 0.222. The van der Waals surface area contributed by atoms with Gasteiger partial charge in [-0.3, -0.25) is 0 Å². The van der Waals surface area contributed by atoms with Gasteiger partial charge in [0.25, 0.3) is 0 Å². The second-order valence-corrected chi connectivity index (χ2v) is 5.34. The predicted molar refractivity (Wildman–Crippen MR) is 54.4 cm³/mol. The molecule has 1 fully saturated rings. The van der Waals surface area contributed by atoms with E-state index in [9.17, 15) is 8.42 Å². The second-order valence-electron chi connectivity index (χ2n) is 3.45. The van der Waals surface area contributed by atoms with Crippen molar-refractivity contribution >= 4 is 10.0 Å². The van der Waals surface area contributed by atoms with Crippen molar-refractivity contribution in [2.75, 3.05) is 6.54 Å². The van der Waals surface area contributed by atoms with Gasteiger partial charge in [-0.2, -0.15) is 4.31 Å². The molecule has 2 atom stereocenters. The summed E-state index contributed by atoms with van der Waals surface area (Å²) in [7, 11) is -3.19. The summed E-state index contributed by atoms with van der Waals surface area (Å²) in [6, 6.07) is 8.81. The minimum atomic E-state index is -3.19. The molecule has 14 heavy (non-hydrogen) atoms. The fourth-order valence-corrected chi connectivity index (χ4v) is 3.20.